The Morgan fingerprint density at radius 2 is 1.69 bits per heavy atom. The number of hydrogen-bond acceptors (Lipinski definition) is 3. The first-order chi connectivity index (χ1) is 15.4. The molecule has 0 unspecified atom stereocenters. The minimum absolute atomic E-state index is 0.0982. The van der Waals surface area contributed by atoms with Gasteiger partial charge in [-0.3, -0.25) is 9.59 Å². The van der Waals surface area contributed by atoms with Crippen molar-refractivity contribution in [3.8, 4) is 0 Å². The van der Waals surface area contributed by atoms with Crippen LogP contribution < -0.4 is 0 Å². The van der Waals surface area contributed by atoms with Gasteiger partial charge in [-0.1, -0.05) is 29.8 Å². The highest BCUT2D eigenvalue weighted by molar-refractivity contribution is 7.11. The predicted octanol–water partition coefficient (Wildman–Crippen LogP) is 5.71. The van der Waals surface area contributed by atoms with Gasteiger partial charge in [0.2, 0.25) is 5.91 Å². The van der Waals surface area contributed by atoms with Gasteiger partial charge < -0.3 is 9.80 Å². The largest absolute Gasteiger partial charge is 0.332 e. The Labute approximate surface area is 196 Å². The second-order valence-corrected chi connectivity index (χ2v) is 9.18. The molecule has 3 aromatic rings. The normalized spacial score (nSPS) is 10.6. The van der Waals surface area contributed by atoms with E-state index in [1.165, 1.54) is 17.0 Å². The van der Waals surface area contributed by atoms with Crippen LogP contribution in [0, 0.1) is 12.7 Å². The number of hydrogen-bond donors (Lipinski definition) is 0. The zero-order chi connectivity index (χ0) is 23.1. The SMILES string of the molecule is C=CCN(CC(=O)N(Cc1ccc(F)cc1)Cc1ccc(C)s1)C(=O)c1ccc(Cl)cc1. The first-order valence-electron chi connectivity index (χ1n) is 10.1. The third kappa shape index (κ3) is 6.52. The molecule has 32 heavy (non-hydrogen) atoms. The van der Waals surface area contributed by atoms with Crippen molar-refractivity contribution in [3.05, 3.63) is 105 Å². The average molecular weight is 471 g/mol. The van der Waals surface area contributed by atoms with Crippen molar-refractivity contribution in [2.75, 3.05) is 13.1 Å². The third-order valence-corrected chi connectivity index (χ3v) is 6.07. The molecule has 0 saturated carbocycles. The van der Waals surface area contributed by atoms with Crippen molar-refractivity contribution in [2.24, 2.45) is 0 Å². The van der Waals surface area contributed by atoms with Crippen LogP contribution in [0.2, 0.25) is 5.02 Å². The van der Waals surface area contributed by atoms with Crippen molar-refractivity contribution in [2.45, 2.75) is 20.0 Å². The van der Waals surface area contributed by atoms with Crippen LogP contribution in [0.25, 0.3) is 0 Å². The Hall–Kier alpha value is -2.96. The molecule has 7 heteroatoms. The number of thiophene rings is 1. The van der Waals surface area contributed by atoms with E-state index in [2.05, 4.69) is 6.58 Å². The maximum Gasteiger partial charge on any atom is 0.254 e. The Morgan fingerprint density at radius 3 is 2.28 bits per heavy atom. The van der Waals surface area contributed by atoms with Gasteiger partial charge in [-0.15, -0.1) is 17.9 Å². The van der Waals surface area contributed by atoms with Gasteiger partial charge in [0.15, 0.2) is 0 Å². The molecule has 0 aliphatic heterocycles. The molecule has 1 heterocycles. The number of rotatable bonds is 9. The lowest BCUT2D eigenvalue weighted by atomic mass is 10.2. The second kappa shape index (κ2) is 11.1. The molecule has 0 saturated heterocycles. The summed E-state index contributed by atoms with van der Waals surface area (Å²) in [7, 11) is 0. The highest BCUT2D eigenvalue weighted by Gasteiger charge is 2.22. The summed E-state index contributed by atoms with van der Waals surface area (Å²) in [4.78, 5) is 31.6. The van der Waals surface area contributed by atoms with Crippen LogP contribution in [-0.4, -0.2) is 34.7 Å². The van der Waals surface area contributed by atoms with E-state index in [1.54, 1.807) is 58.7 Å². The van der Waals surface area contributed by atoms with Crippen molar-refractivity contribution < 1.29 is 14.0 Å². The lowest BCUT2D eigenvalue weighted by molar-refractivity contribution is -0.133. The van der Waals surface area contributed by atoms with E-state index in [0.717, 1.165) is 15.3 Å². The molecule has 3 rings (SSSR count). The smallest absolute Gasteiger partial charge is 0.254 e. The summed E-state index contributed by atoms with van der Waals surface area (Å²) in [6.45, 7) is 6.58. The van der Waals surface area contributed by atoms with Crippen LogP contribution in [0.5, 0.6) is 0 Å². The first kappa shape index (κ1) is 23.7. The zero-order valence-electron chi connectivity index (χ0n) is 17.8. The van der Waals surface area contributed by atoms with E-state index >= 15 is 0 Å². The number of aryl methyl sites for hydroxylation is 1. The highest BCUT2D eigenvalue weighted by atomic mass is 35.5. The molecule has 0 bridgehead atoms. The van der Waals surface area contributed by atoms with Gasteiger partial charge in [0.1, 0.15) is 12.4 Å². The van der Waals surface area contributed by atoms with E-state index in [4.69, 9.17) is 11.6 Å². The Morgan fingerprint density at radius 1 is 1.00 bits per heavy atom. The number of carbonyl (C=O) groups is 2. The van der Waals surface area contributed by atoms with Crippen molar-refractivity contribution >= 4 is 34.8 Å². The Balaban J connectivity index is 1.80. The molecule has 166 valence electrons. The molecule has 1 aromatic heterocycles. The molecular formula is C25H24ClFN2O2S. The Kier molecular flexibility index (Phi) is 8.20. The Bertz CT molecular complexity index is 1080. The molecule has 2 aromatic carbocycles. The van der Waals surface area contributed by atoms with Crippen molar-refractivity contribution in [1.82, 2.24) is 9.80 Å². The van der Waals surface area contributed by atoms with Crippen molar-refractivity contribution in [3.63, 3.8) is 0 Å². The van der Waals surface area contributed by atoms with Gasteiger partial charge in [-0.2, -0.15) is 0 Å². The number of amides is 2. The second-order valence-electron chi connectivity index (χ2n) is 7.37. The summed E-state index contributed by atoms with van der Waals surface area (Å²) < 4.78 is 13.3. The predicted molar refractivity (Wildman–Crippen MR) is 127 cm³/mol. The summed E-state index contributed by atoms with van der Waals surface area (Å²) >= 11 is 7.54. The summed E-state index contributed by atoms with van der Waals surface area (Å²) in [5.74, 6) is -0.806. The molecule has 0 atom stereocenters. The van der Waals surface area contributed by atoms with Gasteiger partial charge in [-0.25, -0.2) is 4.39 Å². The monoisotopic (exact) mass is 470 g/mol. The van der Waals surface area contributed by atoms with Crippen LogP contribution in [-0.2, 0) is 17.9 Å². The fourth-order valence-electron chi connectivity index (χ4n) is 3.21. The van der Waals surface area contributed by atoms with Gasteiger partial charge in [-0.05, 0) is 61.0 Å². The third-order valence-electron chi connectivity index (χ3n) is 4.84. The van der Waals surface area contributed by atoms with Crippen LogP contribution in [0.1, 0.15) is 25.7 Å². The summed E-state index contributed by atoms with van der Waals surface area (Å²) in [6.07, 6.45) is 1.59. The van der Waals surface area contributed by atoms with E-state index < -0.39 is 0 Å². The highest BCUT2D eigenvalue weighted by Crippen LogP contribution is 2.19. The molecule has 0 N–H and O–H groups in total. The number of halogens is 2. The van der Waals surface area contributed by atoms with Gasteiger partial charge in [0.05, 0.1) is 6.54 Å². The molecule has 0 aliphatic rings. The number of nitrogens with zero attached hydrogens (tertiary/aromatic N) is 2. The molecular weight excluding hydrogens is 447 g/mol. The summed E-state index contributed by atoms with van der Waals surface area (Å²) in [5, 5.41) is 0.532. The number of benzene rings is 2. The van der Waals surface area contributed by atoms with Gasteiger partial charge >= 0.3 is 0 Å². The molecule has 0 fully saturated rings. The van der Waals surface area contributed by atoms with Crippen LogP contribution in [0.4, 0.5) is 4.39 Å². The molecule has 0 aliphatic carbocycles. The lowest BCUT2D eigenvalue weighted by Crippen LogP contribution is -2.42. The first-order valence-corrected chi connectivity index (χ1v) is 11.3. The zero-order valence-corrected chi connectivity index (χ0v) is 19.3. The van der Waals surface area contributed by atoms with Crippen LogP contribution in [0.3, 0.4) is 0 Å². The quantitative estimate of drug-likeness (QED) is 0.376. The lowest BCUT2D eigenvalue weighted by Gasteiger charge is -2.27. The maximum absolute atomic E-state index is 13.3. The fraction of sp³-hybridized carbons (Fsp3) is 0.200. The van der Waals surface area contributed by atoms with E-state index in [9.17, 15) is 14.0 Å². The molecule has 0 spiro atoms. The maximum atomic E-state index is 13.3. The summed E-state index contributed by atoms with van der Waals surface area (Å²) in [6, 6.07) is 16.6. The summed E-state index contributed by atoms with van der Waals surface area (Å²) in [5.41, 5.74) is 1.26. The minimum Gasteiger partial charge on any atom is -0.332 e. The van der Waals surface area contributed by atoms with Crippen LogP contribution >= 0.6 is 22.9 Å². The molecule has 0 radical (unpaired) electrons. The van der Waals surface area contributed by atoms with Crippen molar-refractivity contribution in [1.29, 1.82) is 0 Å². The van der Waals surface area contributed by atoms with Gasteiger partial charge in [0, 0.05) is 33.4 Å². The minimum atomic E-state index is -0.328. The molecule has 2 amide bonds. The topological polar surface area (TPSA) is 40.6 Å². The molecule has 4 nitrogen and oxygen atoms in total. The number of carbonyl (C=O) groups excluding carboxylic acids is 2. The van der Waals surface area contributed by atoms with E-state index in [1.807, 2.05) is 19.1 Å². The van der Waals surface area contributed by atoms with Crippen LogP contribution in [0.15, 0.2) is 73.3 Å². The standard InChI is InChI=1S/C25H24ClFN2O2S/c1-3-14-28(25(31)20-7-9-21(26)10-8-20)17-24(30)29(16-23-13-4-18(2)32-23)15-19-5-11-22(27)12-6-19/h3-13H,1,14-17H2,2H3. The van der Waals surface area contributed by atoms with Gasteiger partial charge in [0.25, 0.3) is 5.91 Å². The average Bonchev–Trinajstić information content (AvgIpc) is 3.19. The van der Waals surface area contributed by atoms with E-state index in [0.29, 0.717) is 23.7 Å². The fourth-order valence-corrected chi connectivity index (χ4v) is 4.25. The van der Waals surface area contributed by atoms with E-state index in [-0.39, 0.29) is 30.7 Å².